The minimum absolute atomic E-state index is 0.129. The number of pyridine rings is 1. The number of hydrogen-bond donors (Lipinski definition) is 1. The van der Waals surface area contributed by atoms with Gasteiger partial charge in [0.05, 0.1) is 19.6 Å². The Morgan fingerprint density at radius 2 is 2.00 bits per heavy atom. The van der Waals surface area contributed by atoms with E-state index in [1.165, 1.54) is 0 Å². The molecule has 0 fully saturated rings. The van der Waals surface area contributed by atoms with Gasteiger partial charge in [0.25, 0.3) is 0 Å². The molecule has 136 valence electrons. The lowest BCUT2D eigenvalue weighted by molar-refractivity contribution is -0.139. The number of rotatable bonds is 10. The highest BCUT2D eigenvalue weighted by atomic mass is 28.3. The Balaban J connectivity index is 3.48. The van der Waals surface area contributed by atoms with Crippen LogP contribution in [0.2, 0.25) is 19.6 Å². The van der Waals surface area contributed by atoms with Crippen molar-refractivity contribution >= 4 is 19.4 Å². The van der Waals surface area contributed by atoms with E-state index < -0.39 is 20.0 Å². The van der Waals surface area contributed by atoms with Gasteiger partial charge in [-0.1, -0.05) is 33.0 Å². The summed E-state index contributed by atoms with van der Waals surface area (Å²) in [4.78, 5) is 16.4. The minimum Gasteiger partial charge on any atom is -0.481 e. The molecular weight excluding hydrogens is 326 g/mol. The van der Waals surface area contributed by atoms with Gasteiger partial charge in [0.1, 0.15) is 14.9 Å². The van der Waals surface area contributed by atoms with E-state index in [1.54, 1.807) is 14.2 Å². The van der Waals surface area contributed by atoms with Gasteiger partial charge in [-0.2, -0.15) is 0 Å². The molecule has 0 amide bonds. The van der Waals surface area contributed by atoms with E-state index in [4.69, 9.17) is 14.2 Å². The molecule has 1 unspecified atom stereocenters. The number of ether oxygens (including phenoxy) is 3. The molecule has 1 atom stereocenters. The van der Waals surface area contributed by atoms with Gasteiger partial charge >= 0.3 is 5.97 Å². The third-order valence-corrected chi connectivity index (χ3v) is 5.57. The standard InChI is InChI=1S/C17H29NO5Si/c1-7-8-12(17(19)20)13-9-15(24(4,5)6)18-16(22-3)14(13)10-23-11-21-2/h9,12H,7-8,10-11H2,1-6H3,(H,19,20). The Morgan fingerprint density at radius 3 is 2.46 bits per heavy atom. The molecule has 0 spiro atoms. The average Bonchev–Trinajstić information content (AvgIpc) is 2.51. The second-order valence-electron chi connectivity index (χ2n) is 6.77. The quantitative estimate of drug-likeness (QED) is 0.395. The molecule has 1 rings (SSSR count). The normalized spacial score (nSPS) is 12.9. The molecule has 24 heavy (non-hydrogen) atoms. The number of carboxylic acid groups (broad SMARTS) is 1. The first-order chi connectivity index (χ1) is 11.3. The molecule has 7 heteroatoms. The van der Waals surface area contributed by atoms with E-state index in [2.05, 4.69) is 24.6 Å². The SMILES string of the molecule is CCCC(C(=O)O)c1cc([Si](C)(C)C)nc(OC)c1COCOC. The summed E-state index contributed by atoms with van der Waals surface area (Å²) in [6, 6.07) is 1.94. The average molecular weight is 356 g/mol. The first-order valence-electron chi connectivity index (χ1n) is 8.14. The van der Waals surface area contributed by atoms with Crippen molar-refractivity contribution in [3.8, 4) is 5.88 Å². The predicted octanol–water partition coefficient (Wildman–Crippen LogP) is 2.72. The van der Waals surface area contributed by atoms with Gasteiger partial charge in [-0.05, 0) is 18.1 Å². The molecule has 0 aliphatic heterocycles. The Morgan fingerprint density at radius 1 is 1.33 bits per heavy atom. The third-order valence-electron chi connectivity index (χ3n) is 3.78. The van der Waals surface area contributed by atoms with Crippen molar-refractivity contribution in [2.45, 2.75) is 51.9 Å². The maximum Gasteiger partial charge on any atom is 0.310 e. The van der Waals surface area contributed by atoms with Gasteiger partial charge in [0.15, 0.2) is 0 Å². The highest BCUT2D eigenvalue weighted by Gasteiger charge is 2.29. The molecule has 0 aliphatic carbocycles. The summed E-state index contributed by atoms with van der Waals surface area (Å²) < 4.78 is 15.8. The molecule has 0 saturated carbocycles. The van der Waals surface area contributed by atoms with Crippen molar-refractivity contribution < 1.29 is 24.1 Å². The topological polar surface area (TPSA) is 77.9 Å². The van der Waals surface area contributed by atoms with Crippen molar-refractivity contribution in [1.82, 2.24) is 4.98 Å². The van der Waals surface area contributed by atoms with Crippen LogP contribution in [0, 0.1) is 0 Å². The van der Waals surface area contributed by atoms with Crippen LogP contribution < -0.4 is 10.1 Å². The molecule has 0 radical (unpaired) electrons. The molecule has 6 nitrogen and oxygen atoms in total. The molecule has 1 N–H and O–H groups in total. The van der Waals surface area contributed by atoms with Gasteiger partial charge in [0.2, 0.25) is 5.88 Å². The molecule has 0 saturated heterocycles. The van der Waals surface area contributed by atoms with Crippen LogP contribution >= 0.6 is 0 Å². The molecule has 1 aromatic rings. The van der Waals surface area contributed by atoms with Crippen molar-refractivity contribution in [2.24, 2.45) is 0 Å². The Kier molecular flexibility index (Phi) is 7.85. The molecule has 0 aromatic carbocycles. The molecule has 1 aromatic heterocycles. The highest BCUT2D eigenvalue weighted by Crippen LogP contribution is 2.30. The van der Waals surface area contributed by atoms with E-state index >= 15 is 0 Å². The van der Waals surface area contributed by atoms with Gasteiger partial charge in [-0.3, -0.25) is 4.79 Å². The van der Waals surface area contributed by atoms with Crippen molar-refractivity contribution in [3.05, 3.63) is 17.2 Å². The van der Waals surface area contributed by atoms with Gasteiger partial charge in [-0.15, -0.1) is 0 Å². The first-order valence-corrected chi connectivity index (χ1v) is 11.6. The second kappa shape index (κ2) is 9.15. The predicted molar refractivity (Wildman–Crippen MR) is 95.7 cm³/mol. The van der Waals surface area contributed by atoms with E-state index in [0.29, 0.717) is 17.9 Å². The van der Waals surface area contributed by atoms with Crippen LogP contribution in [0.3, 0.4) is 0 Å². The van der Waals surface area contributed by atoms with Crippen molar-refractivity contribution in [1.29, 1.82) is 0 Å². The van der Waals surface area contributed by atoms with Crippen LogP contribution in [0.25, 0.3) is 0 Å². The summed E-state index contributed by atoms with van der Waals surface area (Å²) in [7, 11) is 1.37. The van der Waals surface area contributed by atoms with Gasteiger partial charge in [-0.25, -0.2) is 4.98 Å². The zero-order chi connectivity index (χ0) is 18.3. The Bertz CT molecular complexity index is 557. The molecule has 0 aliphatic rings. The number of nitrogens with zero attached hydrogens (tertiary/aromatic N) is 1. The highest BCUT2D eigenvalue weighted by molar-refractivity contribution is 6.88. The van der Waals surface area contributed by atoms with E-state index in [-0.39, 0.29) is 13.4 Å². The summed E-state index contributed by atoms with van der Waals surface area (Å²) in [5, 5.41) is 10.6. The monoisotopic (exact) mass is 355 g/mol. The van der Waals surface area contributed by atoms with Gasteiger partial charge in [0, 0.05) is 18.0 Å². The van der Waals surface area contributed by atoms with Crippen molar-refractivity contribution in [2.75, 3.05) is 21.0 Å². The minimum atomic E-state index is -1.73. The lowest BCUT2D eigenvalue weighted by Gasteiger charge is -2.23. The molecular formula is C17H29NO5Si. The molecule has 1 heterocycles. The smallest absolute Gasteiger partial charge is 0.310 e. The third kappa shape index (κ3) is 5.29. The Hall–Kier alpha value is -1.44. The van der Waals surface area contributed by atoms with E-state index in [0.717, 1.165) is 17.3 Å². The zero-order valence-corrected chi connectivity index (χ0v) is 16.5. The number of methoxy groups -OCH3 is 2. The van der Waals surface area contributed by atoms with Crippen molar-refractivity contribution in [3.63, 3.8) is 0 Å². The van der Waals surface area contributed by atoms with Crippen LogP contribution in [0.1, 0.15) is 36.8 Å². The largest absolute Gasteiger partial charge is 0.481 e. The summed E-state index contributed by atoms with van der Waals surface area (Å²) in [5.41, 5.74) is 1.43. The fourth-order valence-electron chi connectivity index (χ4n) is 2.50. The summed E-state index contributed by atoms with van der Waals surface area (Å²) in [6.07, 6.45) is 1.34. The summed E-state index contributed by atoms with van der Waals surface area (Å²) in [6.45, 7) is 8.84. The molecule has 0 bridgehead atoms. The van der Waals surface area contributed by atoms with Crippen LogP contribution in [0.15, 0.2) is 6.07 Å². The number of carboxylic acids is 1. The van der Waals surface area contributed by atoms with E-state index in [1.807, 2.05) is 13.0 Å². The number of aromatic nitrogens is 1. The lowest BCUT2D eigenvalue weighted by Crippen LogP contribution is -2.41. The van der Waals surface area contributed by atoms with Crippen LogP contribution in [-0.2, 0) is 20.9 Å². The summed E-state index contributed by atoms with van der Waals surface area (Å²) >= 11 is 0. The second-order valence-corrected chi connectivity index (χ2v) is 11.8. The van der Waals surface area contributed by atoms with Crippen LogP contribution in [0.5, 0.6) is 5.88 Å². The number of carbonyl (C=O) groups is 1. The van der Waals surface area contributed by atoms with Crippen LogP contribution in [0.4, 0.5) is 0 Å². The fourth-order valence-corrected chi connectivity index (χ4v) is 3.53. The maximum absolute atomic E-state index is 11.8. The number of aliphatic carboxylic acids is 1. The fraction of sp³-hybridized carbons (Fsp3) is 0.647. The Labute approximate surface area is 145 Å². The first kappa shape index (κ1) is 20.6. The lowest BCUT2D eigenvalue weighted by atomic mass is 9.91. The van der Waals surface area contributed by atoms with Crippen LogP contribution in [-0.4, -0.2) is 45.1 Å². The summed E-state index contributed by atoms with van der Waals surface area (Å²) in [5.74, 6) is -0.980. The number of hydrogen-bond acceptors (Lipinski definition) is 5. The maximum atomic E-state index is 11.8. The van der Waals surface area contributed by atoms with E-state index in [9.17, 15) is 9.90 Å². The van der Waals surface area contributed by atoms with Gasteiger partial charge < -0.3 is 19.3 Å². The zero-order valence-electron chi connectivity index (χ0n) is 15.5.